The number of ether oxygens (including phenoxy) is 5. The number of carbonyl (C=O) groups is 14. The summed E-state index contributed by atoms with van der Waals surface area (Å²) in [5.74, 6) is -20.4. The van der Waals surface area contributed by atoms with Crippen molar-refractivity contribution in [3.05, 3.63) is 95.6 Å². The first-order valence-electron chi connectivity index (χ1n) is 36.2. The van der Waals surface area contributed by atoms with E-state index >= 15 is 24.0 Å². The topological polar surface area (TPSA) is 562 Å². The van der Waals surface area contributed by atoms with Crippen LogP contribution in [0.4, 0.5) is 0 Å². The first-order valence-corrected chi connectivity index (χ1v) is 36.2. The molecule has 110 heavy (non-hydrogen) atoms. The number of rotatable bonds is 29. The standard InChI is InChI=1S/C74H109N15O21/c1-14-40(10)53-67(99)87-54(41(11)90)66(98)80-34-52(91)85-57(60(61(76)93)110-72(104)44-24-19-26-46(33-44)107-13)69(101)84-51(35-108-71(103)43-23-18-25-45(32-43)106-12)73(105)109-59(42-21-16-15-17-22-42)56(89-65(97)50(31-38(6)7)82-62(94)47(75)29-36(2)3)70(102)88-55(58(92)39(8)9)68(100)83-49(30-37(4)5)64(96)81-48(63(95)86-53)27-20-28-79-74(77)78/h15-19,21-26,32-33,36-41,47-51,53-60,90,92H,14,20,27-31,34-35,75H2,1-13H3,(H2,76,93)(H,80,98)(H,81,96)(H,82,94)(H,83,100)(H,84,101)(H,85,91)(H,86,95)(H,87,99)(H,88,102)(H,89,97)(H4,77,78,79)/t40-,41-,47+,48+,49-,50-,51-,53-,54-,55-,56-,57-,58+,59+,60-/m0/s1. The van der Waals surface area contributed by atoms with Crippen LogP contribution < -0.4 is 85.6 Å². The van der Waals surface area contributed by atoms with E-state index in [0.29, 0.717) is 0 Å². The number of nitrogens with one attached hydrogen (secondary N) is 10. The molecule has 4 rings (SSSR count). The van der Waals surface area contributed by atoms with E-state index in [2.05, 4.69) is 58.2 Å². The van der Waals surface area contributed by atoms with Crippen LogP contribution in [0.5, 0.6) is 11.5 Å². The van der Waals surface area contributed by atoms with Crippen LogP contribution in [0.15, 0.2) is 83.9 Å². The Kier molecular flexibility index (Phi) is 36.9. The minimum Gasteiger partial charge on any atom is -0.497 e. The quantitative estimate of drug-likeness (QED) is 0.0121. The lowest BCUT2D eigenvalue weighted by Gasteiger charge is -2.34. The van der Waals surface area contributed by atoms with Gasteiger partial charge in [-0.1, -0.05) is 118 Å². The number of guanidine groups is 1. The van der Waals surface area contributed by atoms with E-state index < -0.39 is 199 Å². The third kappa shape index (κ3) is 28.9. The van der Waals surface area contributed by atoms with E-state index in [4.69, 9.17) is 46.6 Å². The molecule has 1 aliphatic rings. The summed E-state index contributed by atoms with van der Waals surface area (Å²) in [6.07, 6.45) is -8.59. The zero-order chi connectivity index (χ0) is 82.4. The molecule has 0 saturated carbocycles. The lowest BCUT2D eigenvalue weighted by Crippen LogP contribution is -2.64. The number of benzene rings is 3. The van der Waals surface area contributed by atoms with Crippen molar-refractivity contribution in [3.63, 3.8) is 0 Å². The molecule has 0 aromatic heterocycles. The summed E-state index contributed by atoms with van der Waals surface area (Å²) in [5, 5.41) is 47.7. The number of carbonyl (C=O) groups excluding carboxylic acids is 14. The maximum absolute atomic E-state index is 15.9. The number of methoxy groups -OCH3 is 2. The van der Waals surface area contributed by atoms with Gasteiger partial charge in [-0.15, -0.1) is 0 Å². The van der Waals surface area contributed by atoms with E-state index in [0.717, 1.165) is 6.92 Å². The molecule has 1 heterocycles. The number of aliphatic hydroxyl groups excluding tert-OH is 2. The third-order valence-electron chi connectivity index (χ3n) is 17.5. The maximum Gasteiger partial charge on any atom is 0.339 e. The van der Waals surface area contributed by atoms with Crippen molar-refractivity contribution in [1.82, 2.24) is 53.2 Å². The van der Waals surface area contributed by atoms with Crippen molar-refractivity contribution in [2.24, 2.45) is 57.5 Å². The molecule has 36 heteroatoms. The minimum atomic E-state index is -2.58. The smallest absolute Gasteiger partial charge is 0.339 e. The van der Waals surface area contributed by atoms with Crippen LogP contribution in [0.25, 0.3) is 0 Å². The summed E-state index contributed by atoms with van der Waals surface area (Å²) in [5.41, 5.74) is 22.8. The number of amides is 11. The average molecular weight is 1540 g/mol. The molecule has 1 fully saturated rings. The molecule has 0 aliphatic carbocycles. The summed E-state index contributed by atoms with van der Waals surface area (Å²) >= 11 is 0. The number of nitrogens with zero attached hydrogens (tertiary/aromatic N) is 1. The number of nitrogens with two attached hydrogens (primary N) is 4. The second-order valence-corrected chi connectivity index (χ2v) is 28.3. The summed E-state index contributed by atoms with van der Waals surface area (Å²) in [7, 11) is 2.57. The Morgan fingerprint density at radius 1 is 0.600 bits per heavy atom. The van der Waals surface area contributed by atoms with Crippen LogP contribution in [-0.2, 0) is 71.7 Å². The fraction of sp³-hybridized carbons (Fsp3) is 0.554. The highest BCUT2D eigenvalue weighted by Crippen LogP contribution is 2.26. The predicted octanol–water partition coefficient (Wildman–Crippen LogP) is -1.69. The molecular weight excluding hydrogens is 1430 g/mol. The molecule has 0 radical (unpaired) electrons. The van der Waals surface area contributed by atoms with Crippen LogP contribution in [0.1, 0.15) is 147 Å². The van der Waals surface area contributed by atoms with Crippen molar-refractivity contribution >= 4 is 88.8 Å². The molecule has 1 aliphatic heterocycles. The summed E-state index contributed by atoms with van der Waals surface area (Å²) < 4.78 is 28.0. The van der Waals surface area contributed by atoms with Crippen LogP contribution in [0, 0.1) is 29.6 Å². The largest absolute Gasteiger partial charge is 0.497 e. The molecule has 20 N–H and O–H groups in total. The number of hydrogen-bond donors (Lipinski definition) is 16. The van der Waals surface area contributed by atoms with Crippen molar-refractivity contribution in [2.45, 2.75) is 200 Å². The molecule has 1 saturated heterocycles. The molecular formula is C74H109N15O21. The average Bonchev–Trinajstić information content (AvgIpc) is 0.899. The summed E-state index contributed by atoms with van der Waals surface area (Å²) in [6.45, 7) is 15.1. The van der Waals surface area contributed by atoms with Gasteiger partial charge in [-0.2, -0.15) is 0 Å². The second-order valence-electron chi connectivity index (χ2n) is 28.3. The third-order valence-corrected chi connectivity index (χ3v) is 17.5. The molecule has 11 amide bonds. The fourth-order valence-corrected chi connectivity index (χ4v) is 11.3. The lowest BCUT2D eigenvalue weighted by atomic mass is 9.95. The Balaban J connectivity index is 2.16. The second kappa shape index (κ2) is 44.5. The molecule has 606 valence electrons. The molecule has 0 unspecified atom stereocenters. The van der Waals surface area contributed by atoms with Crippen LogP contribution >= 0.6 is 0 Å². The predicted molar refractivity (Wildman–Crippen MR) is 399 cm³/mol. The van der Waals surface area contributed by atoms with Gasteiger partial charge in [0.25, 0.3) is 5.91 Å². The molecule has 15 atom stereocenters. The Bertz CT molecular complexity index is 3710. The fourth-order valence-electron chi connectivity index (χ4n) is 11.3. The first-order chi connectivity index (χ1) is 51.8. The van der Waals surface area contributed by atoms with Crippen molar-refractivity contribution in [1.29, 1.82) is 0 Å². The normalized spacial score (nSPS) is 22.1. The zero-order valence-electron chi connectivity index (χ0n) is 64.2. The van der Waals surface area contributed by atoms with Crippen LogP contribution in [0.2, 0.25) is 0 Å². The van der Waals surface area contributed by atoms with Crippen molar-refractivity contribution in [3.8, 4) is 11.5 Å². The molecule has 0 spiro atoms. The number of aliphatic hydroxyl groups is 2. The Morgan fingerprint density at radius 2 is 1.15 bits per heavy atom. The van der Waals surface area contributed by atoms with E-state index in [1.54, 1.807) is 41.5 Å². The van der Waals surface area contributed by atoms with Gasteiger partial charge in [0.1, 0.15) is 60.4 Å². The molecule has 3 aromatic carbocycles. The van der Waals surface area contributed by atoms with Gasteiger partial charge in [0, 0.05) is 6.54 Å². The Morgan fingerprint density at radius 3 is 1.69 bits per heavy atom. The molecule has 36 nitrogen and oxygen atoms in total. The molecule has 0 bridgehead atoms. The lowest BCUT2D eigenvalue weighted by molar-refractivity contribution is -0.159. The highest BCUT2D eigenvalue weighted by Gasteiger charge is 2.45. The number of esters is 3. The number of primary amides is 1. The molecule has 3 aromatic rings. The van der Waals surface area contributed by atoms with Crippen LogP contribution in [-0.4, -0.2) is 212 Å². The van der Waals surface area contributed by atoms with E-state index in [1.807, 2.05) is 13.8 Å². The van der Waals surface area contributed by atoms with Crippen LogP contribution in [0.3, 0.4) is 0 Å². The Hall–Kier alpha value is -11.0. The van der Waals surface area contributed by atoms with Gasteiger partial charge < -0.3 is 110 Å². The number of aliphatic imine (C=N–C) groups is 1. The highest BCUT2D eigenvalue weighted by molar-refractivity contribution is 6.02. The van der Waals surface area contributed by atoms with Gasteiger partial charge in [0.15, 0.2) is 24.1 Å². The van der Waals surface area contributed by atoms with Gasteiger partial charge >= 0.3 is 17.9 Å². The van der Waals surface area contributed by atoms with E-state index in [1.165, 1.54) is 107 Å². The number of cyclic esters (lactones) is 1. The van der Waals surface area contributed by atoms with Gasteiger partial charge in [0.2, 0.25) is 65.2 Å². The van der Waals surface area contributed by atoms with Crippen molar-refractivity contribution in [2.75, 3.05) is 33.9 Å². The van der Waals surface area contributed by atoms with Gasteiger partial charge in [-0.25, -0.2) is 14.4 Å². The minimum absolute atomic E-state index is 0.0128. The van der Waals surface area contributed by atoms with Gasteiger partial charge in [0.05, 0.1) is 50.1 Å². The Labute approximate surface area is 638 Å². The SMILES string of the molecule is CC[C@H](C)[C@@H]1NC(=O)[C@@H](CCCN=C(N)N)NC(=O)[C@H](CC(C)C)NC(=O)[C@H]([C@H](O)C(C)C)NC(=O)[C@@H](NC(=O)[C@H](CC(C)C)NC(=O)[C@H](N)CC(C)C)[C@@H](c2ccccc2)OC(=O)[C@H](COC(=O)c2cccc(OC)c2)NC(=O)[C@H]([C@H](OC(=O)c2cccc(OC)c2)C(N)=O)NC(=O)CNC(=O)[C@H]([C@H](C)O)NC1=O. The van der Waals surface area contributed by atoms with Gasteiger partial charge in [-0.05, 0) is 111 Å². The maximum atomic E-state index is 15.9. The summed E-state index contributed by atoms with van der Waals surface area (Å²) in [4.78, 5) is 210. The van der Waals surface area contributed by atoms with Crippen molar-refractivity contribution < 1.29 is 101 Å². The number of hydrogen-bond acceptors (Lipinski definition) is 23. The van der Waals surface area contributed by atoms with Gasteiger partial charge in [-0.3, -0.25) is 57.7 Å². The first kappa shape index (κ1) is 91.4. The van der Waals surface area contributed by atoms with E-state index in [-0.39, 0.29) is 91.1 Å². The monoisotopic (exact) mass is 1540 g/mol. The summed E-state index contributed by atoms with van der Waals surface area (Å²) in [6, 6.07) is -1.17. The van der Waals surface area contributed by atoms with E-state index in [9.17, 15) is 53.4 Å². The zero-order valence-corrected chi connectivity index (χ0v) is 64.2. The highest BCUT2D eigenvalue weighted by atomic mass is 16.6.